The third-order valence-corrected chi connectivity index (χ3v) is 2.35. The van der Waals surface area contributed by atoms with Gasteiger partial charge in [-0.15, -0.1) is 0 Å². The van der Waals surface area contributed by atoms with E-state index in [1.165, 1.54) is 29.9 Å². The Morgan fingerprint density at radius 3 is 2.75 bits per heavy atom. The maximum atomic E-state index is 3.79. The Kier molecular flexibility index (Phi) is 1.65. The van der Waals surface area contributed by atoms with Crippen LogP contribution in [0.1, 0.15) is 11.1 Å². The highest BCUT2D eigenvalue weighted by molar-refractivity contribution is 5.66. The van der Waals surface area contributed by atoms with Crippen LogP contribution in [0.3, 0.4) is 0 Å². The number of hydrogen-bond acceptors (Lipinski definition) is 1. The van der Waals surface area contributed by atoms with Gasteiger partial charge in [-0.05, 0) is 24.1 Å². The van der Waals surface area contributed by atoms with Crippen LogP contribution in [0.4, 0.5) is 5.69 Å². The average molecular weight is 159 g/mol. The molecular weight excluding hydrogens is 146 g/mol. The molecule has 0 amide bonds. The standard InChI is InChI=1S/C11H13N/c1-3-10-5-4-6-11(9(10)2)12-7-8-12/h3-6H,1,7-8H2,2H3. The molecule has 0 atom stereocenters. The van der Waals surface area contributed by atoms with Crippen molar-refractivity contribution in [3.63, 3.8) is 0 Å². The Hall–Kier alpha value is -1.24. The molecule has 0 spiro atoms. The van der Waals surface area contributed by atoms with E-state index in [4.69, 9.17) is 0 Å². The van der Waals surface area contributed by atoms with Gasteiger partial charge in [-0.2, -0.15) is 0 Å². The zero-order valence-electron chi connectivity index (χ0n) is 7.38. The number of hydrogen-bond donors (Lipinski definition) is 0. The van der Waals surface area contributed by atoms with E-state index in [0.717, 1.165) is 0 Å². The summed E-state index contributed by atoms with van der Waals surface area (Å²) in [4.78, 5) is 2.36. The average Bonchev–Trinajstić information content (AvgIpc) is 2.88. The molecule has 0 saturated carbocycles. The molecule has 1 nitrogen and oxygen atoms in total. The fraction of sp³-hybridized carbons (Fsp3) is 0.273. The van der Waals surface area contributed by atoms with Gasteiger partial charge >= 0.3 is 0 Å². The Balaban J connectivity index is 2.47. The van der Waals surface area contributed by atoms with Crippen molar-refractivity contribution in [2.45, 2.75) is 6.92 Å². The van der Waals surface area contributed by atoms with Crippen LogP contribution in [0.5, 0.6) is 0 Å². The van der Waals surface area contributed by atoms with E-state index >= 15 is 0 Å². The maximum absolute atomic E-state index is 3.79. The van der Waals surface area contributed by atoms with E-state index in [0.29, 0.717) is 0 Å². The molecule has 1 heterocycles. The summed E-state index contributed by atoms with van der Waals surface area (Å²) in [5, 5.41) is 0. The number of nitrogens with zero attached hydrogens (tertiary/aromatic N) is 1. The van der Waals surface area contributed by atoms with E-state index in [-0.39, 0.29) is 0 Å². The van der Waals surface area contributed by atoms with Gasteiger partial charge in [-0.1, -0.05) is 24.8 Å². The molecule has 0 N–H and O–H groups in total. The van der Waals surface area contributed by atoms with Crippen molar-refractivity contribution in [1.29, 1.82) is 0 Å². The first-order chi connectivity index (χ1) is 5.83. The van der Waals surface area contributed by atoms with Crippen molar-refractivity contribution in [2.75, 3.05) is 18.0 Å². The third-order valence-electron chi connectivity index (χ3n) is 2.35. The van der Waals surface area contributed by atoms with E-state index in [1.54, 1.807) is 0 Å². The van der Waals surface area contributed by atoms with E-state index in [9.17, 15) is 0 Å². The highest BCUT2D eigenvalue weighted by atomic mass is 15.3. The maximum Gasteiger partial charge on any atom is 0.0403 e. The van der Waals surface area contributed by atoms with Gasteiger partial charge in [0, 0.05) is 18.8 Å². The van der Waals surface area contributed by atoms with Crippen molar-refractivity contribution in [1.82, 2.24) is 0 Å². The summed E-state index contributed by atoms with van der Waals surface area (Å²) < 4.78 is 0. The van der Waals surface area contributed by atoms with Crippen molar-refractivity contribution < 1.29 is 0 Å². The monoisotopic (exact) mass is 159 g/mol. The molecule has 2 rings (SSSR count). The van der Waals surface area contributed by atoms with Crippen LogP contribution < -0.4 is 4.90 Å². The van der Waals surface area contributed by atoms with Crippen molar-refractivity contribution in [3.05, 3.63) is 35.9 Å². The molecular formula is C11H13N. The number of anilines is 1. The summed E-state index contributed by atoms with van der Waals surface area (Å²) in [5.41, 5.74) is 3.97. The van der Waals surface area contributed by atoms with Gasteiger partial charge < -0.3 is 4.90 Å². The Bertz CT molecular complexity index is 311. The Labute approximate surface area is 73.3 Å². The first-order valence-corrected chi connectivity index (χ1v) is 4.30. The second-order valence-electron chi connectivity index (χ2n) is 3.18. The minimum atomic E-state index is 1.21. The summed E-state index contributed by atoms with van der Waals surface area (Å²) in [6, 6.07) is 6.38. The van der Waals surface area contributed by atoms with Crippen LogP contribution >= 0.6 is 0 Å². The normalized spacial score (nSPS) is 14.6. The molecule has 1 aromatic carbocycles. The van der Waals surface area contributed by atoms with Crippen molar-refractivity contribution in [3.8, 4) is 0 Å². The summed E-state index contributed by atoms with van der Waals surface area (Å²) >= 11 is 0. The van der Waals surface area contributed by atoms with Crippen LogP contribution in [0, 0.1) is 6.92 Å². The molecule has 0 unspecified atom stereocenters. The molecule has 0 bridgehead atoms. The van der Waals surface area contributed by atoms with Gasteiger partial charge in [-0.25, -0.2) is 0 Å². The summed E-state index contributed by atoms with van der Waals surface area (Å²) in [5.74, 6) is 0. The lowest BCUT2D eigenvalue weighted by molar-refractivity contribution is 1.32. The third kappa shape index (κ3) is 1.11. The van der Waals surface area contributed by atoms with Crippen LogP contribution in [0.2, 0.25) is 0 Å². The first kappa shape index (κ1) is 7.41. The predicted octanol–water partition coefficient (Wildman–Crippen LogP) is 2.46. The zero-order valence-corrected chi connectivity index (χ0v) is 7.38. The van der Waals surface area contributed by atoms with Gasteiger partial charge in [0.05, 0.1) is 0 Å². The quantitative estimate of drug-likeness (QED) is 0.599. The van der Waals surface area contributed by atoms with Crippen LogP contribution in [-0.4, -0.2) is 13.1 Å². The molecule has 0 aromatic heterocycles. The molecule has 12 heavy (non-hydrogen) atoms. The molecule has 1 heteroatoms. The summed E-state index contributed by atoms with van der Waals surface area (Å²) in [6.45, 7) is 8.37. The lowest BCUT2D eigenvalue weighted by atomic mass is 10.1. The molecule has 1 aromatic rings. The molecule has 0 aliphatic carbocycles. The van der Waals surface area contributed by atoms with Gasteiger partial charge in [0.1, 0.15) is 0 Å². The van der Waals surface area contributed by atoms with Gasteiger partial charge in [0.25, 0.3) is 0 Å². The highest BCUT2D eigenvalue weighted by Gasteiger charge is 2.19. The Morgan fingerprint density at radius 2 is 2.17 bits per heavy atom. The first-order valence-electron chi connectivity index (χ1n) is 4.30. The minimum Gasteiger partial charge on any atom is -0.368 e. The number of benzene rings is 1. The summed E-state index contributed by atoms with van der Waals surface area (Å²) in [6.07, 6.45) is 1.92. The molecule has 0 radical (unpaired) electrons. The van der Waals surface area contributed by atoms with E-state index < -0.39 is 0 Å². The van der Waals surface area contributed by atoms with E-state index in [2.05, 4.69) is 36.6 Å². The molecule has 62 valence electrons. The topological polar surface area (TPSA) is 3.01 Å². The second-order valence-corrected chi connectivity index (χ2v) is 3.18. The fourth-order valence-corrected chi connectivity index (χ4v) is 1.50. The van der Waals surface area contributed by atoms with Crippen molar-refractivity contribution in [2.24, 2.45) is 0 Å². The predicted molar refractivity (Wildman–Crippen MR) is 53.5 cm³/mol. The van der Waals surface area contributed by atoms with Crippen LogP contribution in [-0.2, 0) is 0 Å². The smallest absolute Gasteiger partial charge is 0.0403 e. The van der Waals surface area contributed by atoms with E-state index in [1.807, 2.05) is 6.08 Å². The molecule has 1 aliphatic heterocycles. The lowest BCUT2D eigenvalue weighted by Gasteiger charge is -2.08. The zero-order chi connectivity index (χ0) is 8.55. The SMILES string of the molecule is C=Cc1cccc(N2CC2)c1C. The van der Waals surface area contributed by atoms with Gasteiger partial charge in [0.2, 0.25) is 0 Å². The fourth-order valence-electron chi connectivity index (χ4n) is 1.50. The molecule has 1 aliphatic rings. The van der Waals surface area contributed by atoms with Gasteiger partial charge in [-0.3, -0.25) is 0 Å². The summed E-state index contributed by atoms with van der Waals surface area (Å²) in [7, 11) is 0. The highest BCUT2D eigenvalue weighted by Crippen LogP contribution is 2.27. The minimum absolute atomic E-state index is 1.21. The Morgan fingerprint density at radius 1 is 1.42 bits per heavy atom. The second kappa shape index (κ2) is 2.67. The number of rotatable bonds is 2. The van der Waals surface area contributed by atoms with Gasteiger partial charge in [0.15, 0.2) is 0 Å². The largest absolute Gasteiger partial charge is 0.368 e. The van der Waals surface area contributed by atoms with Crippen LogP contribution in [0.25, 0.3) is 6.08 Å². The lowest BCUT2D eigenvalue weighted by Crippen LogP contribution is -1.95. The molecule has 1 saturated heterocycles. The van der Waals surface area contributed by atoms with Crippen molar-refractivity contribution >= 4 is 11.8 Å². The molecule has 1 fully saturated rings. The van der Waals surface area contributed by atoms with Crippen LogP contribution in [0.15, 0.2) is 24.8 Å².